The molecule has 11 heteroatoms. The molecule has 2 aromatic carbocycles. The number of carboxylic acids is 1. The first-order valence-corrected chi connectivity index (χ1v) is 13.1. The first-order chi connectivity index (χ1) is 18.4. The van der Waals surface area contributed by atoms with Gasteiger partial charge >= 0.3 is 35.7 Å². The Morgan fingerprint density at radius 2 is 1.78 bits per heavy atom. The third-order valence-electron chi connectivity index (χ3n) is 7.50. The molecular weight excluding hydrogens is 546 g/mol. The largest absolute Gasteiger partial charge is 1.00 e. The van der Waals surface area contributed by atoms with Gasteiger partial charge in [-0.15, -0.1) is 0 Å². The van der Waals surface area contributed by atoms with Gasteiger partial charge < -0.3 is 20.1 Å². The van der Waals surface area contributed by atoms with Crippen molar-refractivity contribution in [3.63, 3.8) is 0 Å². The molecule has 0 bridgehead atoms. The minimum absolute atomic E-state index is 0. The summed E-state index contributed by atoms with van der Waals surface area (Å²) in [6, 6.07) is 11.0. The van der Waals surface area contributed by atoms with Crippen molar-refractivity contribution in [3.05, 3.63) is 70.8 Å². The van der Waals surface area contributed by atoms with Gasteiger partial charge in [-0.3, -0.25) is 14.6 Å². The van der Waals surface area contributed by atoms with Gasteiger partial charge in [0.1, 0.15) is 11.4 Å². The predicted octanol–water partition coefficient (Wildman–Crippen LogP) is 1.90. The van der Waals surface area contributed by atoms with Crippen molar-refractivity contribution >= 4 is 23.5 Å². The van der Waals surface area contributed by atoms with Gasteiger partial charge in [-0.1, -0.05) is 52.0 Å². The van der Waals surface area contributed by atoms with Gasteiger partial charge in [0, 0.05) is 30.1 Å². The number of amides is 2. The number of carbonyl (C=O) groups excluding carboxylic acids is 3. The molecule has 1 N–H and O–H groups in total. The molecule has 1 spiro atoms. The minimum atomic E-state index is -4.48. The number of aliphatic carboxylic acids is 1. The summed E-state index contributed by atoms with van der Waals surface area (Å²) in [5.74, 6) is -1.68. The number of rotatable bonds is 8. The van der Waals surface area contributed by atoms with Crippen LogP contribution in [0.1, 0.15) is 92.9 Å². The van der Waals surface area contributed by atoms with Crippen molar-refractivity contribution in [3.8, 4) is 0 Å². The molecule has 1 aliphatic heterocycles. The van der Waals surface area contributed by atoms with Crippen LogP contribution in [0.25, 0.3) is 0 Å². The van der Waals surface area contributed by atoms with Crippen LogP contribution in [0.2, 0.25) is 0 Å². The van der Waals surface area contributed by atoms with Gasteiger partial charge in [0.25, 0.3) is 11.8 Å². The Hall–Kier alpha value is -2.69. The maximum absolute atomic E-state index is 13.9. The van der Waals surface area contributed by atoms with Crippen LogP contribution in [0.3, 0.4) is 0 Å². The molecule has 1 fully saturated rings. The summed E-state index contributed by atoms with van der Waals surface area (Å²) in [5.41, 5.74) is 0.0899. The van der Waals surface area contributed by atoms with Crippen LogP contribution in [0.15, 0.2) is 53.5 Å². The number of benzene rings is 2. The molecule has 0 radical (unpaired) electrons. The zero-order valence-electron chi connectivity index (χ0n) is 22.9. The number of alkyl halides is 3. The normalized spacial score (nSPS) is 21.0. The summed E-state index contributed by atoms with van der Waals surface area (Å²) >= 11 is 0. The molecule has 0 aromatic heterocycles. The Kier molecular flexibility index (Phi) is 11.8. The fraction of sp³-hybridized carbons (Fsp3) is 0.467. The van der Waals surface area contributed by atoms with Crippen molar-refractivity contribution in [2.75, 3.05) is 6.54 Å². The van der Waals surface area contributed by atoms with Gasteiger partial charge in [0.2, 0.25) is 0 Å². The van der Waals surface area contributed by atoms with Gasteiger partial charge in [-0.05, 0) is 61.4 Å². The Bertz CT molecular complexity index is 1270. The monoisotopic (exact) mass is 581 g/mol. The van der Waals surface area contributed by atoms with E-state index >= 15 is 0 Å². The van der Waals surface area contributed by atoms with Crippen molar-refractivity contribution < 1.29 is 62.2 Å². The van der Waals surface area contributed by atoms with E-state index < -0.39 is 29.3 Å². The molecule has 4 rings (SSSR count). The summed E-state index contributed by atoms with van der Waals surface area (Å²) in [5, 5.41) is 13.1. The Labute approximate surface area is 260 Å². The zero-order chi connectivity index (χ0) is 28.4. The van der Waals surface area contributed by atoms with Crippen LogP contribution in [-0.2, 0) is 15.8 Å². The van der Waals surface area contributed by atoms with Crippen LogP contribution in [0.4, 0.5) is 13.2 Å². The first kappa shape index (κ1) is 34.5. The molecular formula is C30H35F3N3NaO4. The van der Waals surface area contributed by atoms with Gasteiger partial charge in [0.05, 0.1) is 11.6 Å². The van der Waals surface area contributed by atoms with E-state index in [-0.39, 0.29) is 67.6 Å². The SMILES string of the molecule is C.CC[C@H](c1ccc(C(=O)NCCC(=O)[O-])cc1)N1C(=O)C(c2ccc(C(F)(F)F)cc2)=NC12CCCC(C)C2.[Na+]. The number of halogens is 3. The number of nitrogens with one attached hydrogen (secondary N) is 1. The van der Waals surface area contributed by atoms with Crippen molar-refractivity contribution in [1.29, 1.82) is 0 Å². The maximum Gasteiger partial charge on any atom is 1.00 e. The molecule has 41 heavy (non-hydrogen) atoms. The van der Waals surface area contributed by atoms with Crippen LogP contribution in [0.5, 0.6) is 0 Å². The molecule has 3 atom stereocenters. The van der Waals surface area contributed by atoms with E-state index in [1.807, 2.05) is 6.92 Å². The Morgan fingerprint density at radius 1 is 1.15 bits per heavy atom. The van der Waals surface area contributed by atoms with E-state index in [0.717, 1.165) is 30.5 Å². The summed E-state index contributed by atoms with van der Waals surface area (Å²) < 4.78 is 39.4. The quantitative estimate of drug-likeness (QED) is 0.482. The molecule has 1 aliphatic carbocycles. The molecule has 2 aliphatic rings. The summed E-state index contributed by atoms with van der Waals surface area (Å²) in [7, 11) is 0. The van der Waals surface area contributed by atoms with Crippen molar-refractivity contribution in [1.82, 2.24) is 10.2 Å². The van der Waals surface area contributed by atoms with E-state index in [9.17, 15) is 32.7 Å². The topological polar surface area (TPSA) is 102 Å². The number of carboxylic acid groups (broad SMARTS) is 1. The van der Waals surface area contributed by atoms with Gasteiger partial charge in [0.15, 0.2) is 0 Å². The molecule has 1 saturated carbocycles. The third kappa shape index (κ3) is 7.59. The molecule has 2 unspecified atom stereocenters. The van der Waals surface area contributed by atoms with Crippen molar-refractivity contribution in [2.24, 2.45) is 10.9 Å². The second-order valence-corrected chi connectivity index (χ2v) is 10.3. The number of hydrogen-bond acceptors (Lipinski definition) is 5. The van der Waals surface area contributed by atoms with Crippen LogP contribution < -0.4 is 40.0 Å². The number of carbonyl (C=O) groups is 3. The molecule has 1 heterocycles. The molecule has 2 aromatic rings. The molecule has 7 nitrogen and oxygen atoms in total. The van der Waals surface area contributed by atoms with E-state index in [1.165, 1.54) is 12.1 Å². The predicted molar refractivity (Wildman–Crippen MR) is 143 cm³/mol. The van der Waals surface area contributed by atoms with E-state index in [4.69, 9.17) is 4.99 Å². The summed E-state index contributed by atoms with van der Waals surface area (Å²) in [6.07, 6.45) is -1.02. The standard InChI is InChI=1S/C29H32F3N3O4.CH4.Na/c1-3-23(19-6-8-21(9-7-19)26(38)33-16-14-24(36)37)35-27(39)25(34-28(35)15-4-5-18(2)17-28)20-10-12-22(13-11-20)29(30,31)32;;/h6-13,18,23H,3-5,14-17H2,1-2H3,(H,33,38)(H,36,37);1H4;/q;;+1/p-1/t18?,23-,28?;;/m1../s1. The van der Waals surface area contributed by atoms with Crippen molar-refractivity contribution in [2.45, 2.75) is 77.7 Å². The first-order valence-electron chi connectivity index (χ1n) is 13.1. The summed E-state index contributed by atoms with van der Waals surface area (Å²) in [6.45, 7) is 4.02. The van der Waals surface area contributed by atoms with E-state index in [2.05, 4.69) is 12.2 Å². The van der Waals surface area contributed by atoms with Crippen LogP contribution in [0, 0.1) is 5.92 Å². The fourth-order valence-corrected chi connectivity index (χ4v) is 5.67. The average molecular weight is 582 g/mol. The second-order valence-electron chi connectivity index (χ2n) is 10.3. The van der Waals surface area contributed by atoms with Gasteiger partial charge in [-0.25, -0.2) is 0 Å². The third-order valence-corrected chi connectivity index (χ3v) is 7.50. The average Bonchev–Trinajstić information content (AvgIpc) is 3.15. The smallest absolute Gasteiger partial charge is 0.550 e. The number of nitrogens with zero attached hydrogens (tertiary/aromatic N) is 2. The number of hydrogen-bond donors (Lipinski definition) is 1. The van der Waals surface area contributed by atoms with E-state index in [1.54, 1.807) is 29.2 Å². The Balaban J connectivity index is 0.00000294. The zero-order valence-corrected chi connectivity index (χ0v) is 24.9. The Morgan fingerprint density at radius 3 is 2.32 bits per heavy atom. The minimum Gasteiger partial charge on any atom is -0.550 e. The summed E-state index contributed by atoms with van der Waals surface area (Å²) in [4.78, 5) is 43.6. The van der Waals surface area contributed by atoms with Crippen LogP contribution in [-0.4, -0.2) is 40.6 Å². The second kappa shape index (κ2) is 14.0. The van der Waals surface area contributed by atoms with E-state index in [0.29, 0.717) is 36.3 Å². The molecule has 0 saturated heterocycles. The maximum atomic E-state index is 13.9. The fourth-order valence-electron chi connectivity index (χ4n) is 5.67. The van der Waals surface area contributed by atoms with Gasteiger partial charge in [-0.2, -0.15) is 13.2 Å². The molecule has 2 amide bonds. The number of aliphatic imine (C=N–C) groups is 1. The molecule has 216 valence electrons. The van der Waals surface area contributed by atoms with Crippen LogP contribution >= 0.6 is 0 Å².